The highest BCUT2D eigenvalue weighted by Crippen LogP contribution is 2.46. The third kappa shape index (κ3) is 3.36. The summed E-state index contributed by atoms with van der Waals surface area (Å²) in [6.07, 6.45) is 0.767. The molecule has 1 saturated carbocycles. The van der Waals surface area contributed by atoms with Gasteiger partial charge in [0.1, 0.15) is 18.2 Å². The summed E-state index contributed by atoms with van der Waals surface area (Å²) in [6, 6.07) is 19.6. The van der Waals surface area contributed by atoms with Crippen LogP contribution in [0.5, 0.6) is 0 Å². The molecule has 0 bridgehead atoms. The van der Waals surface area contributed by atoms with Gasteiger partial charge < -0.3 is 4.42 Å². The molecule has 3 nitrogen and oxygen atoms in total. The number of pyridine rings is 1. The van der Waals surface area contributed by atoms with Crippen LogP contribution in [-0.2, 0) is 19.8 Å². The maximum atomic E-state index is 10.3. The zero-order valence-electron chi connectivity index (χ0n) is 26.1. The first-order valence-electron chi connectivity index (χ1n) is 15.5. The van der Waals surface area contributed by atoms with Gasteiger partial charge in [0.15, 0.2) is 6.20 Å². The Morgan fingerprint density at radius 1 is 0.919 bits per heavy atom. The molecule has 2 aromatic heterocycles. The monoisotopic (exact) mass is 488 g/mol. The first-order chi connectivity index (χ1) is 20.0. The van der Waals surface area contributed by atoms with Gasteiger partial charge in [0, 0.05) is 35.3 Å². The summed E-state index contributed by atoms with van der Waals surface area (Å²) in [5.41, 5.74) is 6.52. The molecule has 5 aromatic rings. The number of rotatable bonds is 3. The van der Waals surface area contributed by atoms with Crippen molar-refractivity contribution in [2.45, 2.75) is 57.7 Å². The summed E-state index contributed by atoms with van der Waals surface area (Å²) in [5.74, 6) is -0.947. The van der Waals surface area contributed by atoms with Crippen LogP contribution in [-0.4, -0.2) is 0 Å². The van der Waals surface area contributed by atoms with Crippen LogP contribution in [0.25, 0.3) is 44.3 Å². The van der Waals surface area contributed by atoms with Crippen molar-refractivity contribution in [2.75, 3.05) is 0 Å². The molecule has 182 valence electrons. The van der Waals surface area contributed by atoms with E-state index in [1.54, 1.807) is 12.1 Å². The van der Waals surface area contributed by atoms with Crippen molar-refractivity contribution in [1.82, 2.24) is 0 Å². The van der Waals surface area contributed by atoms with Gasteiger partial charge in [-0.3, -0.25) is 0 Å². The van der Waals surface area contributed by atoms with E-state index in [4.69, 9.17) is 9.90 Å². The number of nitrogens with zero attached hydrogens (tertiary/aromatic N) is 2. The minimum Gasteiger partial charge on any atom is -0.454 e. The quantitative estimate of drug-likeness (QED) is 0.241. The minimum atomic E-state index is -1.99. The van der Waals surface area contributed by atoms with E-state index < -0.39 is 18.6 Å². The van der Waals surface area contributed by atoms with E-state index in [1.165, 1.54) is 0 Å². The summed E-state index contributed by atoms with van der Waals surface area (Å²) in [6.45, 7) is 2.04. The number of furan rings is 1. The number of benzene rings is 3. The maximum absolute atomic E-state index is 10.3. The molecule has 0 atom stereocenters. The lowest BCUT2D eigenvalue weighted by Crippen LogP contribution is -2.30. The second-order valence-electron chi connectivity index (χ2n) is 10.2. The van der Waals surface area contributed by atoms with Crippen LogP contribution in [0.4, 0.5) is 0 Å². The summed E-state index contributed by atoms with van der Waals surface area (Å²) in [7, 11) is 1.99. The first-order valence-corrected chi connectivity index (χ1v) is 13.0. The predicted octanol–water partition coefficient (Wildman–Crippen LogP) is 8.07. The molecule has 3 aromatic carbocycles. The lowest BCUT2D eigenvalue weighted by molar-refractivity contribution is -0.660. The summed E-state index contributed by atoms with van der Waals surface area (Å²) >= 11 is 0. The van der Waals surface area contributed by atoms with E-state index in [2.05, 4.69) is 12.1 Å². The van der Waals surface area contributed by atoms with Crippen LogP contribution in [0.1, 0.15) is 72.7 Å². The highest BCUT2D eigenvalue weighted by Gasteiger charge is 2.28. The number of hydrogen-bond donors (Lipinski definition) is 0. The van der Waals surface area contributed by atoms with E-state index in [1.807, 2.05) is 61.1 Å². The normalized spacial score (nSPS) is 21.1. The lowest BCUT2D eigenvalue weighted by Gasteiger charge is -2.18. The largest absolute Gasteiger partial charge is 0.454 e. The smallest absolute Gasteiger partial charge is 0.216 e. The van der Waals surface area contributed by atoms with E-state index in [0.29, 0.717) is 46.3 Å². The molecule has 2 aliphatic rings. The van der Waals surface area contributed by atoms with Gasteiger partial charge in [-0.2, -0.15) is 5.26 Å². The SMILES string of the molecule is [2H]C1([2H])CC([2H])([2H])c2c(C3([2H])CCCC3)ccc(-c3c(C#N)ccc4c3oc3c(-c5cccc[n+]5C)c(C)ccc34)c21. The predicted molar refractivity (Wildman–Crippen MR) is 148 cm³/mol. The molecule has 2 heterocycles. The fourth-order valence-electron chi connectivity index (χ4n) is 6.23. The minimum absolute atomic E-state index is 0.249. The Kier molecular flexibility index (Phi) is 4.07. The molecule has 0 radical (unpaired) electrons. The zero-order chi connectivity index (χ0) is 29.6. The third-order valence-electron chi connectivity index (χ3n) is 8.04. The summed E-state index contributed by atoms with van der Waals surface area (Å²) in [4.78, 5) is 0. The number of aryl methyl sites for hydroxylation is 2. The van der Waals surface area contributed by atoms with Gasteiger partial charge in [-0.25, -0.2) is 4.57 Å². The van der Waals surface area contributed by atoms with Crippen LogP contribution in [0.2, 0.25) is 0 Å². The van der Waals surface area contributed by atoms with Crippen molar-refractivity contribution in [3.8, 4) is 28.5 Å². The zero-order valence-corrected chi connectivity index (χ0v) is 21.1. The molecule has 0 spiro atoms. The van der Waals surface area contributed by atoms with Crippen LogP contribution in [0, 0.1) is 18.3 Å². The van der Waals surface area contributed by atoms with E-state index in [-0.39, 0.29) is 17.5 Å². The summed E-state index contributed by atoms with van der Waals surface area (Å²) < 4.78 is 53.9. The topological polar surface area (TPSA) is 40.8 Å². The molecule has 1 fully saturated rings. The fourth-order valence-corrected chi connectivity index (χ4v) is 6.23. The number of fused-ring (bicyclic) bond motifs is 4. The van der Waals surface area contributed by atoms with Crippen molar-refractivity contribution in [3.63, 3.8) is 0 Å². The lowest BCUT2D eigenvalue weighted by atomic mass is 9.86. The van der Waals surface area contributed by atoms with Crippen LogP contribution >= 0.6 is 0 Å². The van der Waals surface area contributed by atoms with Crippen LogP contribution in [0.15, 0.2) is 65.2 Å². The van der Waals surface area contributed by atoms with Gasteiger partial charge >= 0.3 is 0 Å². The Hall–Kier alpha value is -3.90. The van der Waals surface area contributed by atoms with Gasteiger partial charge in [-0.15, -0.1) is 0 Å². The second-order valence-corrected chi connectivity index (χ2v) is 10.2. The van der Waals surface area contributed by atoms with Gasteiger partial charge in [-0.05, 0) is 90.8 Å². The summed E-state index contributed by atoms with van der Waals surface area (Å²) in [5, 5.41) is 12.0. The number of nitriles is 1. The van der Waals surface area contributed by atoms with Crippen molar-refractivity contribution in [2.24, 2.45) is 7.05 Å². The fraction of sp³-hybridized carbons (Fsp3) is 0.294. The average Bonchev–Trinajstić information content (AvgIpc) is 3.60. The first kappa shape index (κ1) is 17.5. The molecule has 7 rings (SSSR count). The molecular formula is C34H31N2O+. The molecule has 37 heavy (non-hydrogen) atoms. The molecule has 0 amide bonds. The Bertz CT molecular complexity index is 1980. The molecule has 0 saturated heterocycles. The Morgan fingerprint density at radius 2 is 1.68 bits per heavy atom. The standard InChI is InChI=1S/C34H31N2O/c1-21-13-15-28-29-16-14-23(20-35)32(34(29)37-33(28)31(21)30-12-5-6-19-36(30)2)27-18-17-24(22-8-3-4-9-22)25-10-7-11-26(25)27/h5-6,12-19,22H,3-4,7-11H2,1-2H3/q+1/i10D2,11D2,22D. The molecule has 3 heteroatoms. The number of aromatic nitrogens is 1. The Morgan fingerprint density at radius 3 is 2.46 bits per heavy atom. The highest BCUT2D eigenvalue weighted by atomic mass is 16.3. The third-order valence-corrected chi connectivity index (χ3v) is 8.04. The molecular weight excluding hydrogens is 452 g/mol. The maximum Gasteiger partial charge on any atom is 0.216 e. The Labute approximate surface area is 225 Å². The van der Waals surface area contributed by atoms with Gasteiger partial charge in [0.05, 0.1) is 17.2 Å². The van der Waals surface area contributed by atoms with Crippen molar-refractivity contribution in [3.05, 3.63) is 88.6 Å². The van der Waals surface area contributed by atoms with Crippen molar-refractivity contribution in [1.29, 1.82) is 5.26 Å². The molecule has 0 aliphatic heterocycles. The van der Waals surface area contributed by atoms with Crippen molar-refractivity contribution >= 4 is 21.9 Å². The number of hydrogen-bond acceptors (Lipinski definition) is 2. The highest BCUT2D eigenvalue weighted by molar-refractivity contribution is 6.14. The van der Waals surface area contributed by atoms with E-state index in [0.717, 1.165) is 40.4 Å². The van der Waals surface area contributed by atoms with Gasteiger partial charge in [0.2, 0.25) is 5.69 Å². The van der Waals surface area contributed by atoms with E-state index in [9.17, 15) is 6.63 Å². The van der Waals surface area contributed by atoms with Crippen LogP contribution < -0.4 is 4.57 Å². The van der Waals surface area contributed by atoms with Crippen LogP contribution in [0.3, 0.4) is 0 Å². The Balaban J connectivity index is 1.59. The second kappa shape index (κ2) is 8.60. The molecule has 2 aliphatic carbocycles. The average molecular weight is 489 g/mol. The van der Waals surface area contributed by atoms with Gasteiger partial charge in [-0.1, -0.05) is 37.1 Å². The van der Waals surface area contributed by atoms with E-state index >= 15 is 0 Å². The van der Waals surface area contributed by atoms with Crippen molar-refractivity contribution < 1.29 is 15.8 Å². The molecule has 0 unspecified atom stereocenters. The van der Waals surface area contributed by atoms with Gasteiger partial charge in [0.25, 0.3) is 0 Å². The molecule has 0 N–H and O–H groups in total.